The number of pyridine rings is 2. The molecule has 0 amide bonds. The minimum atomic E-state index is -0.461. The second-order valence-corrected chi connectivity index (χ2v) is 6.71. The Kier molecular flexibility index (Phi) is 4.56. The van der Waals surface area contributed by atoms with Crippen LogP contribution in [0, 0.1) is 5.82 Å². The fourth-order valence-electron chi connectivity index (χ4n) is 2.79. The first-order valence-corrected chi connectivity index (χ1v) is 8.79. The van der Waals surface area contributed by atoms with E-state index in [1.54, 1.807) is 24.5 Å². The van der Waals surface area contributed by atoms with Crippen LogP contribution in [0.5, 0.6) is 0 Å². The number of halogens is 3. The third kappa shape index (κ3) is 3.52. The summed E-state index contributed by atoms with van der Waals surface area (Å²) in [6.07, 6.45) is 3.38. The zero-order chi connectivity index (χ0) is 19.0. The lowest BCUT2D eigenvalue weighted by atomic mass is 10.0. The minimum Gasteiger partial charge on any atom is -0.396 e. The van der Waals surface area contributed by atoms with Gasteiger partial charge in [-0.3, -0.25) is 4.98 Å². The van der Waals surface area contributed by atoms with Crippen molar-refractivity contribution in [2.75, 3.05) is 11.1 Å². The van der Waals surface area contributed by atoms with Gasteiger partial charge in [-0.05, 0) is 48.0 Å². The highest BCUT2D eigenvalue weighted by molar-refractivity contribution is 6.32. The summed E-state index contributed by atoms with van der Waals surface area (Å²) in [6.45, 7) is 0. The fraction of sp³-hybridized carbons (Fsp3) is 0. The number of hydrogen-bond donors (Lipinski definition) is 2. The first-order chi connectivity index (χ1) is 13.0. The Morgan fingerprint density at radius 2 is 1.78 bits per heavy atom. The van der Waals surface area contributed by atoms with Crippen molar-refractivity contribution in [2.24, 2.45) is 0 Å². The van der Waals surface area contributed by atoms with Crippen molar-refractivity contribution in [1.82, 2.24) is 9.97 Å². The van der Waals surface area contributed by atoms with E-state index < -0.39 is 5.82 Å². The molecule has 134 valence electrons. The smallest absolute Gasteiger partial charge is 0.151 e. The fourth-order valence-corrected chi connectivity index (χ4v) is 3.07. The second kappa shape index (κ2) is 7.02. The zero-order valence-electron chi connectivity index (χ0n) is 13.9. The molecule has 0 fully saturated rings. The summed E-state index contributed by atoms with van der Waals surface area (Å²) in [7, 11) is 0. The Morgan fingerprint density at radius 3 is 2.56 bits per heavy atom. The van der Waals surface area contributed by atoms with E-state index >= 15 is 0 Å². The molecule has 0 bridgehead atoms. The number of nitrogens with one attached hydrogen (secondary N) is 1. The normalized spacial score (nSPS) is 10.9. The van der Waals surface area contributed by atoms with Crippen LogP contribution in [0.1, 0.15) is 0 Å². The average molecular weight is 399 g/mol. The maximum absolute atomic E-state index is 13.4. The number of nitrogen functional groups attached to an aromatic ring is 1. The van der Waals surface area contributed by atoms with Crippen LogP contribution in [0.4, 0.5) is 21.5 Å². The van der Waals surface area contributed by atoms with Crippen LogP contribution in [0.15, 0.2) is 60.9 Å². The summed E-state index contributed by atoms with van der Waals surface area (Å²) in [5, 5.41) is 4.49. The van der Waals surface area contributed by atoms with Gasteiger partial charge in [-0.25, -0.2) is 9.37 Å². The first-order valence-electron chi connectivity index (χ1n) is 8.03. The minimum absolute atomic E-state index is 0.0572. The molecule has 0 aliphatic rings. The molecule has 27 heavy (non-hydrogen) atoms. The van der Waals surface area contributed by atoms with Crippen molar-refractivity contribution >= 4 is 51.2 Å². The third-order valence-electron chi connectivity index (χ3n) is 4.14. The summed E-state index contributed by atoms with van der Waals surface area (Å²) in [5.74, 6) is -0.461. The van der Waals surface area contributed by atoms with Gasteiger partial charge in [0, 0.05) is 34.7 Å². The van der Waals surface area contributed by atoms with Crippen molar-refractivity contribution in [2.45, 2.75) is 0 Å². The van der Waals surface area contributed by atoms with Gasteiger partial charge in [0.1, 0.15) is 5.82 Å². The summed E-state index contributed by atoms with van der Waals surface area (Å²) in [6, 6.07) is 14.0. The Morgan fingerprint density at radius 1 is 0.926 bits per heavy atom. The van der Waals surface area contributed by atoms with Gasteiger partial charge in [0.2, 0.25) is 0 Å². The van der Waals surface area contributed by atoms with E-state index in [4.69, 9.17) is 28.9 Å². The van der Waals surface area contributed by atoms with Crippen LogP contribution in [0.3, 0.4) is 0 Å². The lowest BCUT2D eigenvalue weighted by Crippen LogP contribution is -1.94. The number of aromatic nitrogens is 2. The molecule has 2 heterocycles. The van der Waals surface area contributed by atoms with Crippen molar-refractivity contribution in [1.29, 1.82) is 0 Å². The molecule has 3 N–H and O–H groups in total. The van der Waals surface area contributed by atoms with Crippen LogP contribution in [-0.2, 0) is 0 Å². The highest BCUT2D eigenvalue weighted by Gasteiger charge is 2.08. The first kappa shape index (κ1) is 17.5. The monoisotopic (exact) mass is 398 g/mol. The number of nitrogens with two attached hydrogens (primary N) is 1. The van der Waals surface area contributed by atoms with Crippen LogP contribution >= 0.6 is 23.2 Å². The lowest BCUT2D eigenvalue weighted by molar-refractivity contribution is 0.628. The molecule has 0 atom stereocenters. The van der Waals surface area contributed by atoms with Gasteiger partial charge in [-0.1, -0.05) is 29.3 Å². The van der Waals surface area contributed by atoms with Gasteiger partial charge in [0.05, 0.1) is 16.2 Å². The maximum atomic E-state index is 13.4. The molecule has 4 nitrogen and oxygen atoms in total. The highest BCUT2D eigenvalue weighted by atomic mass is 35.5. The molecule has 0 spiro atoms. The van der Waals surface area contributed by atoms with Gasteiger partial charge in [0.25, 0.3) is 0 Å². The van der Waals surface area contributed by atoms with Crippen LogP contribution in [0.2, 0.25) is 10.2 Å². The predicted octanol–water partition coefficient (Wildman–Crippen LogP) is 6.07. The highest BCUT2D eigenvalue weighted by Crippen LogP contribution is 2.32. The molecule has 0 radical (unpaired) electrons. The van der Waals surface area contributed by atoms with E-state index in [1.807, 2.05) is 24.3 Å². The van der Waals surface area contributed by atoms with E-state index in [2.05, 4.69) is 15.3 Å². The predicted molar refractivity (Wildman–Crippen MR) is 109 cm³/mol. The Balaban J connectivity index is 1.79. The van der Waals surface area contributed by atoms with Crippen molar-refractivity contribution in [3.8, 4) is 11.1 Å². The molecule has 2 aromatic heterocycles. The van der Waals surface area contributed by atoms with Gasteiger partial charge in [0.15, 0.2) is 5.15 Å². The van der Waals surface area contributed by atoms with Crippen LogP contribution < -0.4 is 11.1 Å². The van der Waals surface area contributed by atoms with Crippen LogP contribution in [0.25, 0.3) is 22.0 Å². The number of benzene rings is 2. The van der Waals surface area contributed by atoms with Gasteiger partial charge in [-0.2, -0.15) is 0 Å². The standard InChI is InChI=1S/C20H13Cl2FN4/c21-15-9-13(2-3-16(15)23)27-19-5-6-25-18-4-1-11(7-14(18)19)12-8-17(24)20(22)26-10-12/h1-10H,24H2,(H,25,27). The topological polar surface area (TPSA) is 63.8 Å². The summed E-state index contributed by atoms with van der Waals surface area (Å²) < 4.78 is 13.4. The number of rotatable bonds is 3. The van der Waals surface area contributed by atoms with Crippen molar-refractivity contribution in [3.63, 3.8) is 0 Å². The van der Waals surface area contributed by atoms with E-state index in [0.29, 0.717) is 11.4 Å². The van der Waals surface area contributed by atoms with Gasteiger partial charge < -0.3 is 11.1 Å². The Hall–Kier alpha value is -2.89. The molecule has 0 aliphatic carbocycles. The molecular weight excluding hydrogens is 386 g/mol. The maximum Gasteiger partial charge on any atom is 0.151 e. The Bertz CT molecular complexity index is 1160. The molecule has 2 aromatic carbocycles. The molecule has 0 saturated carbocycles. The molecule has 0 aliphatic heterocycles. The number of anilines is 3. The largest absolute Gasteiger partial charge is 0.396 e. The number of nitrogens with zero attached hydrogens (tertiary/aromatic N) is 2. The third-order valence-corrected chi connectivity index (χ3v) is 4.75. The zero-order valence-corrected chi connectivity index (χ0v) is 15.4. The second-order valence-electron chi connectivity index (χ2n) is 5.95. The Labute approximate surface area is 164 Å². The molecular formula is C20H13Cl2FN4. The van der Waals surface area contributed by atoms with E-state index in [9.17, 15) is 4.39 Å². The summed E-state index contributed by atoms with van der Waals surface area (Å²) in [5.41, 5.74) is 10.4. The molecule has 4 aromatic rings. The summed E-state index contributed by atoms with van der Waals surface area (Å²) in [4.78, 5) is 8.50. The SMILES string of the molecule is Nc1cc(-c2ccc3nccc(Nc4ccc(F)c(Cl)c4)c3c2)cnc1Cl. The molecule has 0 saturated heterocycles. The number of fused-ring (bicyclic) bond motifs is 1. The molecule has 0 unspecified atom stereocenters. The average Bonchev–Trinajstić information content (AvgIpc) is 2.67. The van der Waals surface area contributed by atoms with Gasteiger partial charge >= 0.3 is 0 Å². The molecule has 4 rings (SSSR count). The molecule has 7 heteroatoms. The lowest BCUT2D eigenvalue weighted by Gasteiger charge is -2.12. The van der Waals surface area contributed by atoms with E-state index in [0.717, 1.165) is 27.7 Å². The van der Waals surface area contributed by atoms with Crippen LogP contribution in [-0.4, -0.2) is 9.97 Å². The van der Waals surface area contributed by atoms with E-state index in [-0.39, 0.29) is 10.2 Å². The quantitative estimate of drug-likeness (QED) is 0.411. The summed E-state index contributed by atoms with van der Waals surface area (Å²) >= 11 is 11.8. The van der Waals surface area contributed by atoms with E-state index in [1.165, 1.54) is 12.1 Å². The van der Waals surface area contributed by atoms with Crippen molar-refractivity contribution < 1.29 is 4.39 Å². The van der Waals surface area contributed by atoms with Crippen molar-refractivity contribution in [3.05, 3.63) is 76.9 Å². The van der Waals surface area contributed by atoms with Gasteiger partial charge in [-0.15, -0.1) is 0 Å². The number of hydrogen-bond acceptors (Lipinski definition) is 4.